The Kier molecular flexibility index (Phi) is 4.77. The molecule has 0 radical (unpaired) electrons. The first-order valence-corrected chi connectivity index (χ1v) is 5.90. The summed E-state index contributed by atoms with van der Waals surface area (Å²) < 4.78 is 0. The topological polar surface area (TPSA) is 75.4 Å². The Morgan fingerprint density at radius 2 is 2.12 bits per heavy atom. The summed E-state index contributed by atoms with van der Waals surface area (Å²) in [7, 11) is 1.76. The molecule has 3 N–H and O–H groups in total. The Morgan fingerprint density at radius 1 is 1.41 bits per heavy atom. The summed E-state index contributed by atoms with van der Waals surface area (Å²) in [6.07, 6.45) is 3.49. The molecule has 2 amide bonds. The quantitative estimate of drug-likeness (QED) is 0.728. The van der Waals surface area contributed by atoms with Crippen LogP contribution in [0, 0.1) is 5.92 Å². The van der Waals surface area contributed by atoms with Gasteiger partial charge in [0.25, 0.3) is 0 Å². The van der Waals surface area contributed by atoms with Crippen molar-refractivity contribution >= 4 is 24.2 Å². The zero-order chi connectivity index (χ0) is 11.7. The van der Waals surface area contributed by atoms with Gasteiger partial charge in [0.1, 0.15) is 6.04 Å². The minimum Gasteiger partial charge on any atom is -0.344 e. The number of likely N-dealkylation sites (tertiary alicyclic amines) is 1. The van der Waals surface area contributed by atoms with Crippen LogP contribution in [0.1, 0.15) is 25.7 Å². The second kappa shape index (κ2) is 5.69. The molecular weight excluding hydrogens is 242 g/mol. The second-order valence-corrected chi connectivity index (χ2v) is 4.81. The molecule has 0 aromatic rings. The lowest BCUT2D eigenvalue weighted by atomic mass is 10.0. The number of rotatable bonds is 2. The van der Waals surface area contributed by atoms with Gasteiger partial charge in [-0.1, -0.05) is 6.42 Å². The van der Waals surface area contributed by atoms with Gasteiger partial charge in [-0.15, -0.1) is 12.4 Å². The van der Waals surface area contributed by atoms with E-state index in [0.717, 1.165) is 25.8 Å². The summed E-state index contributed by atoms with van der Waals surface area (Å²) in [6, 6.07) is -0.362. The molecule has 2 aliphatic rings. The van der Waals surface area contributed by atoms with Crippen molar-refractivity contribution < 1.29 is 9.59 Å². The number of nitrogens with zero attached hydrogens (tertiary/aromatic N) is 1. The van der Waals surface area contributed by atoms with Gasteiger partial charge in [-0.2, -0.15) is 0 Å². The van der Waals surface area contributed by atoms with E-state index in [-0.39, 0.29) is 42.2 Å². The average Bonchev–Trinajstić information content (AvgIpc) is 2.79. The molecule has 3 unspecified atom stereocenters. The Bertz CT molecular complexity index is 311. The summed E-state index contributed by atoms with van der Waals surface area (Å²) in [4.78, 5) is 25.2. The molecule has 1 aliphatic heterocycles. The highest BCUT2D eigenvalue weighted by Gasteiger charge is 2.35. The molecule has 1 saturated heterocycles. The van der Waals surface area contributed by atoms with Crippen LogP contribution in [0.15, 0.2) is 0 Å². The van der Waals surface area contributed by atoms with Gasteiger partial charge in [-0.05, 0) is 19.3 Å². The van der Waals surface area contributed by atoms with Crippen molar-refractivity contribution in [2.45, 2.75) is 37.8 Å². The van der Waals surface area contributed by atoms with Crippen molar-refractivity contribution in [3.63, 3.8) is 0 Å². The van der Waals surface area contributed by atoms with Gasteiger partial charge in [0, 0.05) is 19.6 Å². The molecule has 17 heavy (non-hydrogen) atoms. The maximum atomic E-state index is 11.9. The zero-order valence-corrected chi connectivity index (χ0v) is 10.8. The first-order valence-electron chi connectivity index (χ1n) is 5.90. The molecule has 0 aromatic carbocycles. The molecule has 1 heterocycles. The first kappa shape index (κ1) is 14.3. The van der Waals surface area contributed by atoms with E-state index >= 15 is 0 Å². The lowest BCUT2D eigenvalue weighted by molar-refractivity contribution is -0.133. The van der Waals surface area contributed by atoms with Crippen LogP contribution in [-0.2, 0) is 9.59 Å². The number of hydrogen-bond donors (Lipinski definition) is 2. The molecule has 1 aliphatic carbocycles. The maximum Gasteiger partial charge on any atom is 0.244 e. The third-order valence-corrected chi connectivity index (χ3v) is 3.65. The summed E-state index contributed by atoms with van der Waals surface area (Å²) >= 11 is 0. The van der Waals surface area contributed by atoms with Crippen molar-refractivity contribution in [1.29, 1.82) is 0 Å². The number of likely N-dealkylation sites (N-methyl/N-ethyl adjacent to an activating group) is 1. The van der Waals surface area contributed by atoms with Gasteiger partial charge in [0.15, 0.2) is 0 Å². The van der Waals surface area contributed by atoms with E-state index in [1.807, 2.05) is 0 Å². The summed E-state index contributed by atoms with van der Waals surface area (Å²) in [5.41, 5.74) is 5.86. The predicted octanol–water partition coefficient (Wildman–Crippen LogP) is -0.117. The van der Waals surface area contributed by atoms with Crippen LogP contribution in [0.4, 0.5) is 0 Å². The average molecular weight is 262 g/mol. The molecule has 2 fully saturated rings. The highest BCUT2D eigenvalue weighted by molar-refractivity contribution is 5.90. The van der Waals surface area contributed by atoms with Crippen LogP contribution in [0.5, 0.6) is 0 Å². The number of amides is 2. The van der Waals surface area contributed by atoms with Gasteiger partial charge in [-0.25, -0.2) is 0 Å². The summed E-state index contributed by atoms with van der Waals surface area (Å²) in [5.74, 6) is -0.128. The Balaban J connectivity index is 0.00000144. The minimum absolute atomic E-state index is 0. The molecule has 3 atom stereocenters. The predicted molar refractivity (Wildman–Crippen MR) is 66.7 cm³/mol. The van der Waals surface area contributed by atoms with Gasteiger partial charge in [0.05, 0.1) is 5.92 Å². The van der Waals surface area contributed by atoms with Crippen LogP contribution in [0.25, 0.3) is 0 Å². The van der Waals surface area contributed by atoms with Crippen molar-refractivity contribution in [3.05, 3.63) is 0 Å². The Morgan fingerprint density at radius 3 is 2.59 bits per heavy atom. The largest absolute Gasteiger partial charge is 0.344 e. The zero-order valence-electron chi connectivity index (χ0n) is 10.0. The Hall–Kier alpha value is -0.810. The van der Waals surface area contributed by atoms with Crippen LogP contribution in [0.3, 0.4) is 0 Å². The fourth-order valence-corrected chi connectivity index (χ4v) is 2.55. The van der Waals surface area contributed by atoms with E-state index in [1.165, 1.54) is 0 Å². The summed E-state index contributed by atoms with van der Waals surface area (Å²) in [5, 5.41) is 2.82. The fraction of sp³-hybridized carbons (Fsp3) is 0.818. The SMILES string of the molecule is CN1CCC(NC(=O)C2CCCC2N)C1=O.Cl. The van der Waals surface area contributed by atoms with E-state index in [1.54, 1.807) is 11.9 Å². The lowest BCUT2D eigenvalue weighted by Crippen LogP contribution is -2.46. The molecule has 98 valence electrons. The Labute approximate surface area is 108 Å². The van der Waals surface area contributed by atoms with E-state index in [9.17, 15) is 9.59 Å². The van der Waals surface area contributed by atoms with Crippen LogP contribution >= 0.6 is 12.4 Å². The number of halogens is 1. The monoisotopic (exact) mass is 261 g/mol. The van der Waals surface area contributed by atoms with Crippen molar-refractivity contribution in [3.8, 4) is 0 Å². The van der Waals surface area contributed by atoms with Gasteiger partial charge >= 0.3 is 0 Å². The number of carbonyl (C=O) groups is 2. The normalized spacial score (nSPS) is 32.5. The number of nitrogens with two attached hydrogens (primary N) is 1. The molecule has 1 saturated carbocycles. The molecular formula is C11H20ClN3O2. The molecule has 5 nitrogen and oxygen atoms in total. The van der Waals surface area contributed by atoms with E-state index in [0.29, 0.717) is 6.42 Å². The fourth-order valence-electron chi connectivity index (χ4n) is 2.55. The number of nitrogens with one attached hydrogen (secondary N) is 1. The van der Waals surface area contributed by atoms with Crippen LogP contribution < -0.4 is 11.1 Å². The third kappa shape index (κ3) is 2.90. The van der Waals surface area contributed by atoms with E-state index in [2.05, 4.69) is 5.32 Å². The second-order valence-electron chi connectivity index (χ2n) is 4.81. The number of hydrogen-bond acceptors (Lipinski definition) is 3. The third-order valence-electron chi connectivity index (χ3n) is 3.65. The van der Waals surface area contributed by atoms with Crippen molar-refractivity contribution in [1.82, 2.24) is 10.2 Å². The smallest absolute Gasteiger partial charge is 0.244 e. The maximum absolute atomic E-state index is 11.9. The number of carbonyl (C=O) groups excluding carboxylic acids is 2. The standard InChI is InChI=1S/C11H19N3O2.ClH/c1-14-6-5-9(11(14)16)13-10(15)7-3-2-4-8(7)12;/h7-9H,2-6,12H2,1H3,(H,13,15);1H. The van der Waals surface area contributed by atoms with Crippen LogP contribution in [-0.4, -0.2) is 42.4 Å². The first-order chi connectivity index (χ1) is 7.59. The molecule has 6 heteroatoms. The molecule has 0 aromatic heterocycles. The van der Waals surface area contributed by atoms with E-state index in [4.69, 9.17) is 5.73 Å². The molecule has 2 rings (SSSR count). The van der Waals surface area contributed by atoms with E-state index < -0.39 is 0 Å². The lowest BCUT2D eigenvalue weighted by Gasteiger charge is -2.18. The van der Waals surface area contributed by atoms with Crippen molar-refractivity contribution in [2.24, 2.45) is 11.7 Å². The minimum atomic E-state index is -0.328. The highest BCUT2D eigenvalue weighted by Crippen LogP contribution is 2.24. The summed E-state index contributed by atoms with van der Waals surface area (Å²) in [6.45, 7) is 0.723. The molecule has 0 bridgehead atoms. The van der Waals surface area contributed by atoms with Crippen LogP contribution in [0.2, 0.25) is 0 Å². The van der Waals surface area contributed by atoms with Gasteiger partial charge in [0.2, 0.25) is 11.8 Å². The van der Waals surface area contributed by atoms with Gasteiger partial charge in [-0.3, -0.25) is 9.59 Å². The van der Waals surface area contributed by atoms with Gasteiger partial charge < -0.3 is 16.0 Å². The molecule has 0 spiro atoms. The van der Waals surface area contributed by atoms with Crippen molar-refractivity contribution in [2.75, 3.05) is 13.6 Å². The highest BCUT2D eigenvalue weighted by atomic mass is 35.5.